The van der Waals surface area contributed by atoms with E-state index < -0.39 is 0 Å². The standard InChI is InChI=1S/C19H18N8O/c28-19(14-5-3-7-16(11-14)27-13-20-23-24-27)25-9-4-6-15(12-25)18-22-21-17-8-1-2-10-26(17)18/h1-3,5,7-8,10-11,13,15H,4,6,9,12H2/t15-/m1/s1. The molecule has 1 aromatic carbocycles. The number of amides is 1. The van der Waals surface area contributed by atoms with E-state index in [-0.39, 0.29) is 11.8 Å². The predicted octanol–water partition coefficient (Wildman–Crippen LogP) is 1.72. The van der Waals surface area contributed by atoms with Crippen LogP contribution in [0.2, 0.25) is 0 Å². The van der Waals surface area contributed by atoms with E-state index in [0.717, 1.165) is 36.5 Å². The molecule has 4 heterocycles. The van der Waals surface area contributed by atoms with Crippen molar-refractivity contribution >= 4 is 11.6 Å². The second kappa shape index (κ2) is 6.84. The Bertz CT molecular complexity index is 1120. The molecular formula is C19H18N8O. The van der Waals surface area contributed by atoms with Crippen molar-refractivity contribution in [1.29, 1.82) is 0 Å². The van der Waals surface area contributed by atoms with Gasteiger partial charge in [0, 0.05) is 30.8 Å². The lowest BCUT2D eigenvalue weighted by molar-refractivity contribution is 0.0704. The molecule has 1 fully saturated rings. The van der Waals surface area contributed by atoms with Crippen LogP contribution in [-0.4, -0.2) is 58.7 Å². The molecule has 0 saturated carbocycles. The minimum absolute atomic E-state index is 0.00782. The van der Waals surface area contributed by atoms with Gasteiger partial charge in [-0.3, -0.25) is 9.20 Å². The van der Waals surface area contributed by atoms with Gasteiger partial charge < -0.3 is 4.90 Å². The molecule has 28 heavy (non-hydrogen) atoms. The molecule has 140 valence electrons. The summed E-state index contributed by atoms with van der Waals surface area (Å²) in [5.41, 5.74) is 2.21. The molecule has 0 spiro atoms. The van der Waals surface area contributed by atoms with Gasteiger partial charge in [-0.15, -0.1) is 15.3 Å². The van der Waals surface area contributed by atoms with E-state index in [9.17, 15) is 4.79 Å². The van der Waals surface area contributed by atoms with Gasteiger partial charge in [0.2, 0.25) is 0 Å². The van der Waals surface area contributed by atoms with E-state index >= 15 is 0 Å². The summed E-state index contributed by atoms with van der Waals surface area (Å²) >= 11 is 0. The lowest BCUT2D eigenvalue weighted by atomic mass is 9.96. The van der Waals surface area contributed by atoms with Crippen molar-refractivity contribution in [3.05, 3.63) is 66.4 Å². The van der Waals surface area contributed by atoms with Crippen LogP contribution < -0.4 is 0 Å². The molecule has 0 bridgehead atoms. The zero-order chi connectivity index (χ0) is 18.9. The van der Waals surface area contributed by atoms with Crippen LogP contribution in [0, 0.1) is 0 Å². The Labute approximate surface area is 160 Å². The number of benzene rings is 1. The lowest BCUT2D eigenvalue weighted by Gasteiger charge is -2.32. The SMILES string of the molecule is O=C(c1cccc(-n2cnnn2)c1)N1CCC[C@@H](c2nnc3ccccn23)C1. The summed E-state index contributed by atoms with van der Waals surface area (Å²) in [5.74, 6) is 1.08. The predicted molar refractivity (Wildman–Crippen MR) is 100 cm³/mol. The van der Waals surface area contributed by atoms with Gasteiger partial charge in [-0.05, 0) is 53.6 Å². The van der Waals surface area contributed by atoms with E-state index in [1.54, 1.807) is 0 Å². The topological polar surface area (TPSA) is 94.1 Å². The fourth-order valence-electron chi connectivity index (χ4n) is 3.75. The quantitative estimate of drug-likeness (QED) is 0.542. The molecule has 1 saturated heterocycles. The van der Waals surface area contributed by atoms with Gasteiger partial charge in [0.05, 0.1) is 5.69 Å². The van der Waals surface area contributed by atoms with Gasteiger partial charge in [-0.2, -0.15) is 0 Å². The first kappa shape index (κ1) is 16.5. The maximum absolute atomic E-state index is 13.1. The van der Waals surface area contributed by atoms with Crippen molar-refractivity contribution < 1.29 is 4.79 Å². The number of tetrazole rings is 1. The van der Waals surface area contributed by atoms with Gasteiger partial charge in [-0.25, -0.2) is 4.68 Å². The Morgan fingerprint density at radius 3 is 2.96 bits per heavy atom. The molecule has 0 N–H and O–H groups in total. The number of carbonyl (C=O) groups is 1. The Kier molecular flexibility index (Phi) is 4.04. The number of hydrogen-bond acceptors (Lipinski definition) is 6. The number of likely N-dealkylation sites (tertiary alicyclic amines) is 1. The average Bonchev–Trinajstić information content (AvgIpc) is 3.43. The number of fused-ring (bicyclic) bond motifs is 1. The highest BCUT2D eigenvalue weighted by Gasteiger charge is 2.28. The maximum Gasteiger partial charge on any atom is 0.253 e. The van der Waals surface area contributed by atoms with Crippen LogP contribution in [0.3, 0.4) is 0 Å². The van der Waals surface area contributed by atoms with Gasteiger partial charge in [-0.1, -0.05) is 12.1 Å². The van der Waals surface area contributed by atoms with Crippen molar-refractivity contribution in [3.8, 4) is 5.69 Å². The molecule has 0 radical (unpaired) electrons. The summed E-state index contributed by atoms with van der Waals surface area (Å²) in [6.45, 7) is 1.37. The van der Waals surface area contributed by atoms with Crippen molar-refractivity contribution in [2.45, 2.75) is 18.8 Å². The largest absolute Gasteiger partial charge is 0.338 e. The van der Waals surface area contributed by atoms with Crippen molar-refractivity contribution in [2.75, 3.05) is 13.1 Å². The first-order chi connectivity index (χ1) is 13.8. The number of piperidine rings is 1. The van der Waals surface area contributed by atoms with Crippen LogP contribution >= 0.6 is 0 Å². The Morgan fingerprint density at radius 2 is 2.07 bits per heavy atom. The van der Waals surface area contributed by atoms with Gasteiger partial charge in [0.1, 0.15) is 12.2 Å². The zero-order valence-corrected chi connectivity index (χ0v) is 15.1. The third kappa shape index (κ3) is 2.90. The summed E-state index contributed by atoms with van der Waals surface area (Å²) in [7, 11) is 0. The van der Waals surface area contributed by atoms with Crippen LogP contribution in [0.25, 0.3) is 11.3 Å². The van der Waals surface area contributed by atoms with Crippen LogP contribution in [0.4, 0.5) is 0 Å². The molecular weight excluding hydrogens is 356 g/mol. The number of nitrogens with zero attached hydrogens (tertiary/aromatic N) is 8. The Morgan fingerprint density at radius 1 is 1.11 bits per heavy atom. The third-order valence-corrected chi connectivity index (χ3v) is 5.12. The molecule has 0 unspecified atom stereocenters. The number of hydrogen-bond donors (Lipinski definition) is 0. The fourth-order valence-corrected chi connectivity index (χ4v) is 3.75. The first-order valence-corrected chi connectivity index (χ1v) is 9.22. The Hall–Kier alpha value is -3.62. The summed E-state index contributed by atoms with van der Waals surface area (Å²) in [6.07, 6.45) is 5.41. The summed E-state index contributed by atoms with van der Waals surface area (Å²) in [6, 6.07) is 13.2. The molecule has 1 atom stereocenters. The van der Waals surface area contributed by atoms with Crippen LogP contribution in [0.5, 0.6) is 0 Å². The number of aromatic nitrogens is 7. The zero-order valence-electron chi connectivity index (χ0n) is 15.1. The minimum atomic E-state index is 0.00782. The molecule has 9 heteroatoms. The van der Waals surface area contributed by atoms with Gasteiger partial charge in [0.15, 0.2) is 5.65 Å². The smallest absolute Gasteiger partial charge is 0.253 e. The number of rotatable bonds is 3. The number of carbonyl (C=O) groups excluding carboxylic acids is 1. The minimum Gasteiger partial charge on any atom is -0.338 e. The van der Waals surface area contributed by atoms with Gasteiger partial charge in [0.25, 0.3) is 5.91 Å². The molecule has 5 rings (SSSR count). The summed E-state index contributed by atoms with van der Waals surface area (Å²) in [5, 5.41) is 19.8. The summed E-state index contributed by atoms with van der Waals surface area (Å²) < 4.78 is 3.55. The summed E-state index contributed by atoms with van der Waals surface area (Å²) in [4.78, 5) is 15.0. The first-order valence-electron chi connectivity index (χ1n) is 9.22. The average molecular weight is 374 g/mol. The molecule has 1 aliphatic heterocycles. The number of pyridine rings is 1. The normalized spacial score (nSPS) is 17.1. The highest BCUT2D eigenvalue weighted by molar-refractivity contribution is 5.94. The van der Waals surface area contributed by atoms with E-state index in [1.807, 2.05) is 58.0 Å². The molecule has 4 aromatic rings. The van der Waals surface area contributed by atoms with Gasteiger partial charge >= 0.3 is 0 Å². The van der Waals surface area contributed by atoms with Crippen LogP contribution in [-0.2, 0) is 0 Å². The second-order valence-corrected chi connectivity index (χ2v) is 6.88. The molecule has 3 aromatic heterocycles. The van der Waals surface area contributed by atoms with Crippen LogP contribution in [0.15, 0.2) is 55.0 Å². The monoisotopic (exact) mass is 374 g/mol. The van der Waals surface area contributed by atoms with Crippen molar-refractivity contribution in [3.63, 3.8) is 0 Å². The van der Waals surface area contributed by atoms with E-state index in [2.05, 4.69) is 25.7 Å². The molecule has 1 aliphatic rings. The highest BCUT2D eigenvalue weighted by atomic mass is 16.2. The highest BCUT2D eigenvalue weighted by Crippen LogP contribution is 2.27. The fraction of sp³-hybridized carbons (Fsp3) is 0.263. The van der Waals surface area contributed by atoms with Crippen LogP contribution in [0.1, 0.15) is 34.9 Å². The molecule has 9 nitrogen and oxygen atoms in total. The van der Waals surface area contributed by atoms with E-state index in [0.29, 0.717) is 12.1 Å². The van der Waals surface area contributed by atoms with E-state index in [4.69, 9.17) is 0 Å². The second-order valence-electron chi connectivity index (χ2n) is 6.88. The molecule has 0 aliphatic carbocycles. The van der Waals surface area contributed by atoms with Crippen molar-refractivity contribution in [1.82, 2.24) is 39.7 Å². The third-order valence-electron chi connectivity index (χ3n) is 5.12. The van der Waals surface area contributed by atoms with Crippen molar-refractivity contribution in [2.24, 2.45) is 0 Å². The Balaban J connectivity index is 1.39. The molecule has 1 amide bonds. The maximum atomic E-state index is 13.1. The lowest BCUT2D eigenvalue weighted by Crippen LogP contribution is -2.39. The van der Waals surface area contributed by atoms with E-state index in [1.165, 1.54) is 11.0 Å².